The monoisotopic (exact) mass is 546 g/mol. The zero-order valence-corrected chi connectivity index (χ0v) is 20.2. The Kier molecular flexibility index (Phi) is 7.31. The lowest BCUT2D eigenvalue weighted by Crippen LogP contribution is -2.33. The maximum absolute atomic E-state index is 12.8. The van der Waals surface area contributed by atoms with E-state index >= 15 is 0 Å². The van der Waals surface area contributed by atoms with Gasteiger partial charge in [-0.05, 0) is 42.5 Å². The minimum atomic E-state index is -0.972. The van der Waals surface area contributed by atoms with Crippen LogP contribution < -0.4 is 22.0 Å². The number of nitrogens with zero attached hydrogens (tertiary/aromatic N) is 2. The van der Waals surface area contributed by atoms with E-state index < -0.39 is 17.5 Å². The molecule has 0 radical (unpaired) electrons. The van der Waals surface area contributed by atoms with E-state index in [1.807, 2.05) is 11.5 Å². The molecule has 0 aliphatic carbocycles. The molecule has 0 fully saturated rings. The fourth-order valence-electron chi connectivity index (χ4n) is 3.33. The second-order valence-electron chi connectivity index (χ2n) is 7.61. The summed E-state index contributed by atoms with van der Waals surface area (Å²) in [4.78, 5) is 56.5. The second kappa shape index (κ2) is 10.7. The molecule has 0 aliphatic heterocycles. The third-order valence-corrected chi connectivity index (χ3v) is 5.59. The van der Waals surface area contributed by atoms with Crippen LogP contribution in [0.2, 0.25) is 0 Å². The molecule has 10 nitrogen and oxygen atoms in total. The van der Waals surface area contributed by atoms with Gasteiger partial charge in [-0.3, -0.25) is 14.4 Å². The summed E-state index contributed by atoms with van der Waals surface area (Å²) in [7, 11) is 0. The number of anilines is 1. The Morgan fingerprint density at radius 2 is 1.69 bits per heavy atom. The molecule has 3 aromatic carbocycles. The first-order chi connectivity index (χ1) is 17.3. The number of ketones is 1. The van der Waals surface area contributed by atoms with Crippen molar-refractivity contribution in [2.75, 3.05) is 5.32 Å². The molecular formula is C25H19BrN6O4. The molecule has 0 aliphatic rings. The lowest BCUT2D eigenvalue weighted by molar-refractivity contribution is -0.110. The summed E-state index contributed by atoms with van der Waals surface area (Å²) in [5.74, 6) is -0.852. The van der Waals surface area contributed by atoms with Crippen LogP contribution in [0.1, 0.15) is 21.6 Å². The van der Waals surface area contributed by atoms with E-state index in [0.717, 1.165) is 4.47 Å². The van der Waals surface area contributed by atoms with Gasteiger partial charge in [0.25, 0.3) is 11.5 Å². The first-order valence-corrected chi connectivity index (χ1v) is 11.4. The molecule has 0 unspecified atom stereocenters. The average Bonchev–Trinajstić information content (AvgIpc) is 2.87. The van der Waals surface area contributed by atoms with Gasteiger partial charge in [-0.2, -0.15) is 5.10 Å². The Morgan fingerprint density at radius 3 is 2.39 bits per heavy atom. The number of rotatable bonds is 7. The quantitative estimate of drug-likeness (QED) is 0.159. The third-order valence-electron chi connectivity index (χ3n) is 5.06. The average molecular weight is 547 g/mol. The third kappa shape index (κ3) is 5.88. The van der Waals surface area contributed by atoms with E-state index in [0.29, 0.717) is 27.8 Å². The van der Waals surface area contributed by atoms with Crippen LogP contribution in [0.5, 0.6) is 0 Å². The molecule has 0 atom stereocenters. The van der Waals surface area contributed by atoms with E-state index in [2.05, 4.69) is 36.3 Å². The lowest BCUT2D eigenvalue weighted by atomic mass is 10.0. The molecule has 1 aromatic heterocycles. The molecule has 4 rings (SSSR count). The number of aromatic nitrogens is 2. The molecular weight excluding hydrogens is 528 g/mol. The SMILES string of the molecule is NC(=O)N/N=C(/Cc1nc2ccc(C(=O)c3ccccc3)cc2[nH]c1=O)C(=O)Nc1ccc(Br)cc1. The summed E-state index contributed by atoms with van der Waals surface area (Å²) in [6.45, 7) is 0. The Morgan fingerprint density at radius 1 is 0.972 bits per heavy atom. The number of carbonyl (C=O) groups excluding carboxylic acids is 3. The van der Waals surface area contributed by atoms with Crippen molar-refractivity contribution in [3.05, 3.63) is 104 Å². The summed E-state index contributed by atoms with van der Waals surface area (Å²) in [5.41, 5.74) is 8.47. The van der Waals surface area contributed by atoms with E-state index in [9.17, 15) is 19.2 Å². The number of H-pyrrole nitrogens is 1. The highest BCUT2D eigenvalue weighted by Gasteiger charge is 2.18. The molecule has 0 saturated heterocycles. The number of hydrogen-bond acceptors (Lipinski definition) is 6. The van der Waals surface area contributed by atoms with Crippen LogP contribution >= 0.6 is 15.9 Å². The lowest BCUT2D eigenvalue weighted by Gasteiger charge is -2.09. The van der Waals surface area contributed by atoms with Crippen LogP contribution in [-0.2, 0) is 11.2 Å². The predicted molar refractivity (Wildman–Crippen MR) is 139 cm³/mol. The fraction of sp³-hybridized carbons (Fsp3) is 0.0400. The van der Waals surface area contributed by atoms with Crippen LogP contribution in [0.25, 0.3) is 11.0 Å². The summed E-state index contributed by atoms with van der Waals surface area (Å²) < 4.78 is 0.824. The van der Waals surface area contributed by atoms with E-state index in [-0.39, 0.29) is 23.6 Å². The standard InChI is InChI=1S/C25H19BrN6O4/c26-16-7-9-17(10-8-16)28-24(35)21(31-32-25(27)36)13-20-23(34)30-19-12-15(6-11-18(19)29-20)22(33)14-4-2-1-3-5-14/h1-12H,13H2,(H,28,35)(H,30,34)(H3,27,32,36)/b31-21-. The van der Waals surface area contributed by atoms with Crippen LogP contribution in [-0.4, -0.2) is 33.4 Å². The summed E-state index contributed by atoms with van der Waals surface area (Å²) in [5, 5.41) is 6.40. The van der Waals surface area contributed by atoms with Crippen molar-refractivity contribution >= 4 is 56.1 Å². The number of halogens is 1. The highest BCUT2D eigenvalue weighted by molar-refractivity contribution is 9.10. The van der Waals surface area contributed by atoms with Crippen LogP contribution in [0, 0.1) is 0 Å². The van der Waals surface area contributed by atoms with Gasteiger partial charge in [0.15, 0.2) is 5.78 Å². The predicted octanol–water partition coefficient (Wildman–Crippen LogP) is 3.12. The van der Waals surface area contributed by atoms with Gasteiger partial charge in [0, 0.05) is 27.7 Å². The number of nitrogens with two attached hydrogens (primary N) is 1. The molecule has 180 valence electrons. The maximum atomic E-state index is 12.8. The van der Waals surface area contributed by atoms with Gasteiger partial charge < -0.3 is 16.0 Å². The number of urea groups is 1. The van der Waals surface area contributed by atoms with Gasteiger partial charge in [-0.25, -0.2) is 15.2 Å². The van der Waals surface area contributed by atoms with Gasteiger partial charge in [0.2, 0.25) is 0 Å². The molecule has 36 heavy (non-hydrogen) atoms. The number of carbonyl (C=O) groups is 3. The topological polar surface area (TPSA) is 159 Å². The smallest absolute Gasteiger partial charge is 0.332 e. The molecule has 3 amide bonds. The number of hydrogen-bond donors (Lipinski definition) is 4. The zero-order valence-electron chi connectivity index (χ0n) is 18.6. The zero-order chi connectivity index (χ0) is 25.7. The number of nitrogens with one attached hydrogen (secondary N) is 3. The molecule has 4 aromatic rings. The number of amides is 3. The van der Waals surface area contributed by atoms with Crippen molar-refractivity contribution in [1.29, 1.82) is 0 Å². The highest BCUT2D eigenvalue weighted by atomic mass is 79.9. The normalized spacial score (nSPS) is 11.2. The van der Waals surface area contributed by atoms with Crippen LogP contribution in [0.4, 0.5) is 10.5 Å². The number of fused-ring (bicyclic) bond motifs is 1. The van der Waals surface area contributed by atoms with Gasteiger partial charge in [0.05, 0.1) is 11.0 Å². The van der Waals surface area contributed by atoms with Gasteiger partial charge in [-0.15, -0.1) is 0 Å². The molecule has 0 spiro atoms. The Hall–Kier alpha value is -4.64. The van der Waals surface area contributed by atoms with Crippen molar-refractivity contribution in [2.24, 2.45) is 10.8 Å². The highest BCUT2D eigenvalue weighted by Crippen LogP contribution is 2.16. The fourth-order valence-corrected chi connectivity index (χ4v) is 3.59. The van der Waals surface area contributed by atoms with Crippen molar-refractivity contribution in [3.8, 4) is 0 Å². The van der Waals surface area contributed by atoms with Gasteiger partial charge in [0.1, 0.15) is 11.4 Å². The van der Waals surface area contributed by atoms with E-state index in [1.165, 1.54) is 0 Å². The Labute approximate surface area is 212 Å². The van der Waals surface area contributed by atoms with Crippen molar-refractivity contribution in [1.82, 2.24) is 15.4 Å². The molecule has 11 heteroatoms. The molecule has 1 heterocycles. The number of aromatic amines is 1. The molecule has 0 saturated carbocycles. The van der Waals surface area contributed by atoms with Crippen molar-refractivity contribution < 1.29 is 14.4 Å². The van der Waals surface area contributed by atoms with Gasteiger partial charge in [-0.1, -0.05) is 46.3 Å². The summed E-state index contributed by atoms with van der Waals surface area (Å²) in [6.07, 6.45) is -0.293. The number of benzene rings is 3. The minimum absolute atomic E-state index is 0.0133. The first-order valence-electron chi connectivity index (χ1n) is 10.6. The van der Waals surface area contributed by atoms with Gasteiger partial charge >= 0.3 is 6.03 Å². The summed E-state index contributed by atoms with van der Waals surface area (Å²) >= 11 is 3.31. The van der Waals surface area contributed by atoms with Crippen LogP contribution in [0.15, 0.2) is 87.2 Å². The van der Waals surface area contributed by atoms with E-state index in [1.54, 1.807) is 66.7 Å². The molecule has 0 bridgehead atoms. The number of hydrazone groups is 1. The second-order valence-corrected chi connectivity index (χ2v) is 8.53. The Bertz CT molecular complexity index is 1550. The first kappa shape index (κ1) is 24.5. The summed E-state index contributed by atoms with van der Waals surface area (Å²) in [6, 6.07) is 19.3. The van der Waals surface area contributed by atoms with Crippen molar-refractivity contribution in [2.45, 2.75) is 6.42 Å². The van der Waals surface area contributed by atoms with Crippen molar-refractivity contribution in [3.63, 3.8) is 0 Å². The van der Waals surface area contributed by atoms with Crippen LogP contribution in [0.3, 0.4) is 0 Å². The Balaban J connectivity index is 1.62. The molecule has 5 N–H and O–H groups in total. The van der Waals surface area contributed by atoms with E-state index in [4.69, 9.17) is 5.73 Å². The number of primary amides is 1. The minimum Gasteiger partial charge on any atom is -0.350 e. The maximum Gasteiger partial charge on any atom is 0.332 e. The largest absolute Gasteiger partial charge is 0.350 e.